The number of hydrogen-bond acceptors (Lipinski definition) is 6. The molecule has 0 aliphatic carbocycles. The van der Waals surface area contributed by atoms with E-state index in [1.807, 2.05) is 11.0 Å². The molecule has 8 nitrogen and oxygen atoms in total. The first-order valence-corrected chi connectivity index (χ1v) is 10.8. The Bertz CT molecular complexity index is 1020. The van der Waals surface area contributed by atoms with Gasteiger partial charge in [-0.25, -0.2) is 0 Å². The average molecular weight is 487 g/mol. The van der Waals surface area contributed by atoms with Crippen molar-refractivity contribution in [3.63, 3.8) is 0 Å². The maximum absolute atomic E-state index is 12.8. The number of fused-ring (bicyclic) bond motifs is 4. The van der Waals surface area contributed by atoms with Gasteiger partial charge in [0.15, 0.2) is 0 Å². The number of amides is 1. The van der Waals surface area contributed by atoms with Crippen LogP contribution in [-0.2, 0) is 6.54 Å². The number of benzene rings is 1. The first kappa shape index (κ1) is 22.4. The molecule has 1 aromatic heterocycles. The van der Waals surface area contributed by atoms with Gasteiger partial charge in [-0.15, -0.1) is 0 Å². The summed E-state index contributed by atoms with van der Waals surface area (Å²) in [6.45, 7) is 1.66. The van der Waals surface area contributed by atoms with Gasteiger partial charge in [0.05, 0.1) is 5.69 Å². The number of anilines is 1. The van der Waals surface area contributed by atoms with Crippen LogP contribution in [0.1, 0.15) is 28.4 Å². The number of carbonyl (C=O) groups is 1. The molecule has 2 bridgehead atoms. The Balaban J connectivity index is 1.55. The number of likely N-dealkylation sites (tertiary alicyclic amines) is 1. The number of aromatic nitrogens is 1. The van der Waals surface area contributed by atoms with E-state index in [0.29, 0.717) is 19.6 Å². The normalized spacial score (nSPS) is 21.8. The number of pyridine rings is 1. The number of piperidine rings is 1. The maximum Gasteiger partial charge on any atom is 0.252 e. The highest BCUT2D eigenvalue weighted by molar-refractivity contribution is 6.68. The first-order valence-electron chi connectivity index (χ1n) is 9.71. The number of nitrogens with one attached hydrogen (secondary N) is 1. The Morgan fingerprint density at radius 3 is 2.52 bits per heavy atom. The second-order valence-electron chi connectivity index (χ2n) is 7.89. The fourth-order valence-corrected chi connectivity index (χ4v) is 5.05. The molecule has 0 spiro atoms. The molecular weight excluding hydrogens is 467 g/mol. The summed E-state index contributed by atoms with van der Waals surface area (Å²) in [6.07, 6.45) is 0.0280. The van der Waals surface area contributed by atoms with Crippen molar-refractivity contribution < 1.29 is 10.0 Å². The van der Waals surface area contributed by atoms with Crippen LogP contribution < -0.4 is 16.1 Å². The fourth-order valence-electron chi connectivity index (χ4n) is 4.47. The summed E-state index contributed by atoms with van der Waals surface area (Å²) in [7, 11) is 0. The van der Waals surface area contributed by atoms with Gasteiger partial charge in [0.25, 0.3) is 11.5 Å². The van der Waals surface area contributed by atoms with Crippen molar-refractivity contribution in [1.82, 2.24) is 14.8 Å². The Kier molecular flexibility index (Phi) is 6.22. The molecule has 11 heteroatoms. The summed E-state index contributed by atoms with van der Waals surface area (Å²) in [5.41, 5.74) is 1.17. The zero-order valence-electron chi connectivity index (χ0n) is 16.2. The number of alkyl halides is 3. The van der Waals surface area contributed by atoms with Crippen molar-refractivity contribution in [2.75, 3.05) is 18.3 Å². The fraction of sp³-hybridized carbons (Fsp3) is 0.400. The van der Waals surface area contributed by atoms with Crippen molar-refractivity contribution in [2.45, 2.75) is 28.8 Å². The second kappa shape index (κ2) is 8.61. The van der Waals surface area contributed by atoms with Crippen LogP contribution >= 0.6 is 34.8 Å². The zero-order valence-corrected chi connectivity index (χ0v) is 18.5. The molecule has 1 amide bonds. The van der Waals surface area contributed by atoms with Gasteiger partial charge in [0.2, 0.25) is 3.79 Å². The summed E-state index contributed by atoms with van der Waals surface area (Å²) >= 11 is 18.8. The van der Waals surface area contributed by atoms with Crippen molar-refractivity contribution >= 4 is 46.4 Å². The summed E-state index contributed by atoms with van der Waals surface area (Å²) < 4.78 is 0.00955. The highest BCUT2D eigenvalue weighted by Gasteiger charge is 2.44. The van der Waals surface area contributed by atoms with Crippen LogP contribution in [0, 0.1) is 11.1 Å². The van der Waals surface area contributed by atoms with E-state index >= 15 is 0 Å². The van der Waals surface area contributed by atoms with Crippen LogP contribution in [0.25, 0.3) is 0 Å². The van der Waals surface area contributed by atoms with E-state index in [-0.39, 0.29) is 33.9 Å². The van der Waals surface area contributed by atoms with E-state index in [0.717, 1.165) is 12.1 Å². The molecule has 31 heavy (non-hydrogen) atoms. The quantitative estimate of drug-likeness (QED) is 0.509. The molecule has 1 saturated heterocycles. The molecule has 3 heterocycles. The standard InChI is InChI=1S/C20H20Cl3N4O4/c21-20(22,23)19(24-18(29)13-4-6-15(7-5-13)27(30)31)25-9-12-8-14(11-25)16-2-1-3-17(28)26(16)10-12/h1-7,12,14,19,30H,8-11H2,(H,24,29)/q-1/t12-,14?,19?/m0/s1. The van der Waals surface area contributed by atoms with Crippen LogP contribution in [0.5, 0.6) is 0 Å². The van der Waals surface area contributed by atoms with Gasteiger partial charge in [-0.3, -0.25) is 19.7 Å². The summed E-state index contributed by atoms with van der Waals surface area (Å²) in [5.74, 6) is -0.212. The molecule has 2 unspecified atom stereocenters. The summed E-state index contributed by atoms with van der Waals surface area (Å²) in [6, 6.07) is 10.7. The minimum Gasteiger partial charge on any atom is -0.733 e. The van der Waals surface area contributed by atoms with Crippen LogP contribution in [0.4, 0.5) is 5.69 Å². The molecule has 2 aliphatic heterocycles. The van der Waals surface area contributed by atoms with E-state index in [1.165, 1.54) is 24.3 Å². The Labute approximate surface area is 193 Å². The molecule has 166 valence electrons. The summed E-state index contributed by atoms with van der Waals surface area (Å²) in [4.78, 5) is 27.0. The van der Waals surface area contributed by atoms with Gasteiger partial charge in [-0.2, -0.15) is 0 Å². The molecule has 1 fully saturated rings. The average Bonchev–Trinajstić information content (AvgIpc) is 2.71. The van der Waals surface area contributed by atoms with Gasteiger partial charge >= 0.3 is 0 Å². The van der Waals surface area contributed by atoms with Crippen LogP contribution in [0.3, 0.4) is 0 Å². The van der Waals surface area contributed by atoms with E-state index in [1.54, 1.807) is 16.7 Å². The van der Waals surface area contributed by atoms with Gasteiger partial charge in [0.1, 0.15) is 6.17 Å². The van der Waals surface area contributed by atoms with Gasteiger partial charge in [-0.1, -0.05) is 40.9 Å². The third kappa shape index (κ3) is 4.69. The molecule has 0 saturated carbocycles. The number of nitrogens with zero attached hydrogens (tertiary/aromatic N) is 3. The SMILES string of the molecule is O=C(NC(N1CC2C[C@@H](C1)Cn1c2cccc1=O)C(Cl)(Cl)Cl)c1ccc(N([O-])O)cc1. The van der Waals surface area contributed by atoms with Crippen molar-refractivity contribution in [1.29, 1.82) is 0 Å². The Hall–Kier alpha value is -1.81. The lowest BCUT2D eigenvalue weighted by molar-refractivity contribution is 0.0586. The largest absolute Gasteiger partial charge is 0.733 e. The number of halogens is 3. The molecule has 2 aromatic rings. The third-order valence-corrected chi connectivity index (χ3v) is 6.42. The van der Waals surface area contributed by atoms with Gasteiger partial charge in [-0.05, 0) is 42.7 Å². The van der Waals surface area contributed by atoms with Crippen LogP contribution in [0.2, 0.25) is 0 Å². The lowest BCUT2D eigenvalue weighted by atomic mass is 9.83. The minimum atomic E-state index is -1.80. The van der Waals surface area contributed by atoms with E-state index in [9.17, 15) is 14.8 Å². The van der Waals surface area contributed by atoms with E-state index in [2.05, 4.69) is 5.32 Å². The molecule has 4 rings (SSSR count). The van der Waals surface area contributed by atoms with Gasteiger partial charge in [0, 0.05) is 42.9 Å². The lowest BCUT2D eigenvalue weighted by Crippen LogP contribution is -2.60. The number of carbonyl (C=O) groups excluding carboxylic acids is 1. The zero-order chi connectivity index (χ0) is 22.3. The first-order chi connectivity index (χ1) is 14.6. The molecule has 2 N–H and O–H groups in total. The van der Waals surface area contributed by atoms with E-state index in [4.69, 9.17) is 40.0 Å². The van der Waals surface area contributed by atoms with Crippen molar-refractivity contribution in [2.24, 2.45) is 5.92 Å². The molecule has 3 atom stereocenters. The predicted molar refractivity (Wildman–Crippen MR) is 119 cm³/mol. The minimum absolute atomic E-state index is 0.00718. The topological polar surface area (TPSA) is 101 Å². The maximum atomic E-state index is 12.8. The van der Waals surface area contributed by atoms with Gasteiger partial charge < -0.3 is 20.3 Å². The van der Waals surface area contributed by atoms with E-state index < -0.39 is 15.9 Å². The van der Waals surface area contributed by atoms with Crippen molar-refractivity contribution in [3.8, 4) is 0 Å². The monoisotopic (exact) mass is 485 g/mol. The molecular formula is C20H20Cl3N4O4-. The molecule has 0 radical (unpaired) electrons. The van der Waals surface area contributed by atoms with Crippen LogP contribution in [-0.4, -0.2) is 43.6 Å². The highest BCUT2D eigenvalue weighted by Crippen LogP contribution is 2.40. The Morgan fingerprint density at radius 2 is 1.87 bits per heavy atom. The van der Waals surface area contributed by atoms with Crippen molar-refractivity contribution in [3.05, 3.63) is 69.3 Å². The highest BCUT2D eigenvalue weighted by atomic mass is 35.6. The lowest BCUT2D eigenvalue weighted by Gasteiger charge is -2.47. The second-order valence-corrected chi connectivity index (χ2v) is 10.3. The Morgan fingerprint density at radius 1 is 1.16 bits per heavy atom. The third-order valence-electron chi connectivity index (χ3n) is 5.80. The molecule has 2 aliphatic rings. The number of hydrogen-bond donors (Lipinski definition) is 2. The number of rotatable bonds is 4. The smallest absolute Gasteiger partial charge is 0.252 e. The summed E-state index contributed by atoms with van der Waals surface area (Å²) in [5, 5.41) is 22.4. The molecule has 1 aromatic carbocycles. The predicted octanol–water partition coefficient (Wildman–Crippen LogP) is 3.09. The van der Waals surface area contributed by atoms with Crippen LogP contribution in [0.15, 0.2) is 47.3 Å².